The number of benzene rings is 3. The van der Waals surface area contributed by atoms with Gasteiger partial charge in [-0.2, -0.15) is 0 Å². The van der Waals surface area contributed by atoms with E-state index in [1.807, 2.05) is 0 Å². The lowest BCUT2D eigenvalue weighted by Crippen LogP contribution is -2.24. The van der Waals surface area contributed by atoms with Crippen LogP contribution < -0.4 is 10.4 Å². The Balaban J connectivity index is 2.64. The van der Waals surface area contributed by atoms with E-state index >= 15 is 0 Å². The van der Waals surface area contributed by atoms with Crippen molar-refractivity contribution in [2.75, 3.05) is 0 Å². The molecule has 0 aliphatic carbocycles. The maximum atomic E-state index is 2.24. The van der Waals surface area contributed by atoms with E-state index in [-0.39, 0.29) is 0 Å². The molecule has 0 saturated heterocycles. The third-order valence-corrected chi connectivity index (χ3v) is 3.60. The summed E-state index contributed by atoms with van der Waals surface area (Å²) >= 11 is 0. The van der Waals surface area contributed by atoms with Gasteiger partial charge in [-0.3, -0.25) is 0 Å². The summed E-state index contributed by atoms with van der Waals surface area (Å²) < 4.78 is 0. The number of fused-ring (bicyclic) bond motifs is 3. The van der Waals surface area contributed by atoms with E-state index in [1.54, 1.807) is 0 Å². The Kier molecular flexibility index (Phi) is 2.64. The quantitative estimate of drug-likeness (QED) is 0.520. The molecule has 0 heterocycles. The number of rotatable bonds is 0. The first-order valence-electron chi connectivity index (χ1n) is 6.38. The summed E-state index contributed by atoms with van der Waals surface area (Å²) in [6, 6.07) is 17.5. The van der Waals surface area contributed by atoms with E-state index in [1.165, 1.54) is 32.0 Å². The molecule has 0 radical (unpaired) electrons. The van der Waals surface area contributed by atoms with Crippen molar-refractivity contribution >= 4 is 33.7 Å². The van der Waals surface area contributed by atoms with E-state index in [0.717, 1.165) is 0 Å². The maximum Gasteiger partial charge on any atom is -0.00991 e. The van der Waals surface area contributed by atoms with Gasteiger partial charge in [0.15, 0.2) is 0 Å². The average molecular weight is 232 g/mol. The topological polar surface area (TPSA) is 0 Å². The van der Waals surface area contributed by atoms with Crippen LogP contribution in [0.2, 0.25) is 0 Å². The van der Waals surface area contributed by atoms with Crippen molar-refractivity contribution in [3.8, 4) is 0 Å². The van der Waals surface area contributed by atoms with E-state index in [9.17, 15) is 0 Å². The molecule has 0 nitrogen and oxygen atoms in total. The molecule has 3 aromatic rings. The summed E-state index contributed by atoms with van der Waals surface area (Å²) in [5.41, 5.74) is 0. The van der Waals surface area contributed by atoms with Crippen molar-refractivity contribution in [2.24, 2.45) is 0 Å². The molecule has 0 N–H and O–H groups in total. The minimum Gasteiger partial charge on any atom is -0.0798 e. The highest BCUT2D eigenvalue weighted by Gasteiger charge is 2.00. The lowest BCUT2D eigenvalue weighted by molar-refractivity contribution is 1.56. The summed E-state index contributed by atoms with van der Waals surface area (Å²) in [7, 11) is 0. The normalized spacial score (nSPS) is 13.7. The minimum atomic E-state index is 1.31. The molecule has 3 aromatic carbocycles. The van der Waals surface area contributed by atoms with E-state index < -0.39 is 0 Å². The van der Waals surface area contributed by atoms with Crippen LogP contribution in [0.5, 0.6) is 0 Å². The van der Waals surface area contributed by atoms with Crippen molar-refractivity contribution in [2.45, 2.75) is 13.8 Å². The molecule has 0 spiro atoms. The van der Waals surface area contributed by atoms with Gasteiger partial charge in [0, 0.05) is 0 Å². The average Bonchev–Trinajstić information content (AvgIpc) is 2.45. The third-order valence-electron chi connectivity index (χ3n) is 3.60. The van der Waals surface area contributed by atoms with Gasteiger partial charge >= 0.3 is 0 Å². The van der Waals surface area contributed by atoms with Crippen LogP contribution in [0.1, 0.15) is 13.8 Å². The molecule has 0 fully saturated rings. The third kappa shape index (κ3) is 1.53. The van der Waals surface area contributed by atoms with Crippen LogP contribution in [-0.4, -0.2) is 0 Å². The lowest BCUT2D eigenvalue weighted by atomic mass is 9.99. The summed E-state index contributed by atoms with van der Waals surface area (Å²) in [4.78, 5) is 0. The van der Waals surface area contributed by atoms with Crippen LogP contribution in [0.25, 0.3) is 33.7 Å². The molecule has 0 atom stereocenters. The fraction of sp³-hybridized carbons (Fsp3) is 0.111. The van der Waals surface area contributed by atoms with Crippen molar-refractivity contribution in [1.82, 2.24) is 0 Å². The second-order valence-electron chi connectivity index (χ2n) is 4.53. The van der Waals surface area contributed by atoms with Gasteiger partial charge in [-0.05, 0) is 45.8 Å². The Labute approximate surface area is 107 Å². The van der Waals surface area contributed by atoms with Gasteiger partial charge in [0.25, 0.3) is 0 Å². The molecule has 3 rings (SSSR count). The zero-order chi connectivity index (χ0) is 12.5. The highest BCUT2D eigenvalue weighted by Crippen LogP contribution is 2.22. The molecule has 0 amide bonds. The highest BCUT2D eigenvalue weighted by atomic mass is 14.0. The zero-order valence-corrected chi connectivity index (χ0v) is 10.8. The van der Waals surface area contributed by atoms with Crippen LogP contribution in [-0.2, 0) is 0 Å². The molecule has 0 aliphatic rings. The zero-order valence-electron chi connectivity index (χ0n) is 10.8. The van der Waals surface area contributed by atoms with E-state index in [4.69, 9.17) is 0 Å². The summed E-state index contributed by atoms with van der Waals surface area (Å²) in [5.74, 6) is 0. The summed E-state index contributed by atoms with van der Waals surface area (Å²) in [5, 5.41) is 7.96. The Morgan fingerprint density at radius 1 is 0.667 bits per heavy atom. The van der Waals surface area contributed by atoms with Crippen LogP contribution in [0, 0.1) is 0 Å². The first kappa shape index (κ1) is 11.0. The number of hydrogen-bond donors (Lipinski definition) is 0. The van der Waals surface area contributed by atoms with Gasteiger partial charge in [-0.15, -0.1) is 0 Å². The van der Waals surface area contributed by atoms with Gasteiger partial charge in [-0.25, -0.2) is 0 Å². The van der Waals surface area contributed by atoms with Gasteiger partial charge < -0.3 is 0 Å². The fourth-order valence-corrected chi connectivity index (χ4v) is 2.70. The molecule has 0 saturated carbocycles. The van der Waals surface area contributed by atoms with Crippen LogP contribution in [0.4, 0.5) is 0 Å². The molecule has 0 heteroatoms. The van der Waals surface area contributed by atoms with E-state index in [0.29, 0.717) is 0 Å². The Morgan fingerprint density at radius 3 is 2.22 bits per heavy atom. The molecule has 0 aromatic heterocycles. The summed E-state index contributed by atoms with van der Waals surface area (Å²) in [6.07, 6.45) is 4.37. The van der Waals surface area contributed by atoms with Gasteiger partial charge in [0.1, 0.15) is 0 Å². The smallest absolute Gasteiger partial charge is 0.00991 e. The Hall–Kier alpha value is -2.08. The van der Waals surface area contributed by atoms with Crippen molar-refractivity contribution in [1.29, 1.82) is 0 Å². The van der Waals surface area contributed by atoms with Gasteiger partial charge in [0.05, 0.1) is 0 Å². The van der Waals surface area contributed by atoms with Crippen LogP contribution in [0.3, 0.4) is 0 Å². The molecule has 88 valence electrons. The van der Waals surface area contributed by atoms with Gasteiger partial charge in [-0.1, -0.05) is 60.7 Å². The largest absolute Gasteiger partial charge is 0.0798 e. The second kappa shape index (κ2) is 4.30. The Morgan fingerprint density at radius 2 is 1.44 bits per heavy atom. The first-order valence-corrected chi connectivity index (χ1v) is 6.38. The molecule has 18 heavy (non-hydrogen) atoms. The molecule has 0 unspecified atom stereocenters. The van der Waals surface area contributed by atoms with E-state index in [2.05, 4.69) is 74.5 Å². The van der Waals surface area contributed by atoms with Crippen LogP contribution >= 0.6 is 0 Å². The second-order valence-corrected chi connectivity index (χ2v) is 4.53. The highest BCUT2D eigenvalue weighted by molar-refractivity contribution is 6.07. The minimum absolute atomic E-state index is 1.31. The molecule has 0 bridgehead atoms. The number of hydrogen-bond acceptors (Lipinski definition) is 0. The fourth-order valence-electron chi connectivity index (χ4n) is 2.70. The molecular weight excluding hydrogens is 216 g/mol. The standard InChI is InChI=1S/C18H16/c1-3-13-9-11-18-16-8-6-5-7-14(16)10-12-17(18)15(13)4-2/h3-12H,1-2H3/b13-3-,15-4+. The van der Waals surface area contributed by atoms with Gasteiger partial charge in [0.2, 0.25) is 0 Å². The van der Waals surface area contributed by atoms with Crippen LogP contribution in [0.15, 0.2) is 48.5 Å². The monoisotopic (exact) mass is 232 g/mol. The Bertz CT molecular complexity index is 839. The molecule has 0 aliphatic heterocycles. The van der Waals surface area contributed by atoms with Crippen molar-refractivity contribution in [3.05, 3.63) is 59.0 Å². The molecular formula is C18H16. The lowest BCUT2D eigenvalue weighted by Gasteiger charge is -2.05. The van der Waals surface area contributed by atoms with Crippen molar-refractivity contribution < 1.29 is 0 Å². The predicted octanol–water partition coefficient (Wildman–Crippen LogP) is 3.59. The maximum absolute atomic E-state index is 2.24. The summed E-state index contributed by atoms with van der Waals surface area (Å²) in [6.45, 7) is 4.20. The predicted molar refractivity (Wildman–Crippen MR) is 81.0 cm³/mol. The first-order chi connectivity index (χ1) is 8.85. The SMILES string of the molecule is C/C=c1/ccc2c(ccc3ccccc32)/c1=C/C. The van der Waals surface area contributed by atoms with Crippen molar-refractivity contribution in [3.63, 3.8) is 0 Å².